The van der Waals surface area contributed by atoms with Crippen LogP contribution in [0.4, 0.5) is 0 Å². The number of hydrogen-bond donors (Lipinski definition) is 0. The molecule has 0 N–H and O–H groups in total. The van der Waals surface area contributed by atoms with Crippen molar-refractivity contribution in [3.05, 3.63) is 119 Å². The number of rotatable bonds is 0. The molecule has 0 nitrogen and oxygen atoms in total. The predicted molar refractivity (Wildman–Crippen MR) is 109 cm³/mol. The molecule has 1 heteroatoms. The van der Waals surface area contributed by atoms with Gasteiger partial charge in [-0.25, -0.2) is 0 Å². The third-order valence-corrected chi connectivity index (χ3v) is 5.41. The minimum absolute atomic E-state index is 0. The van der Waals surface area contributed by atoms with Gasteiger partial charge in [0.2, 0.25) is 0 Å². The Hall–Kier alpha value is -2.43. The maximum atomic E-state index is 2.22. The molecule has 0 radical (unpaired) electrons. The Morgan fingerprint density at radius 2 is 0.556 bits per heavy atom. The van der Waals surface area contributed by atoms with Gasteiger partial charge < -0.3 is 0 Å². The van der Waals surface area contributed by atoms with Crippen molar-refractivity contribution in [2.75, 3.05) is 0 Å². The molecule has 0 heterocycles. The molecule has 0 amide bonds. The van der Waals surface area contributed by atoms with Gasteiger partial charge in [-0.15, -0.1) is 0 Å². The van der Waals surface area contributed by atoms with E-state index < -0.39 is 0 Å². The van der Waals surface area contributed by atoms with Crippen molar-refractivity contribution in [3.8, 4) is 22.3 Å². The van der Waals surface area contributed by atoms with Crippen molar-refractivity contribution in [2.24, 2.45) is 0 Å². The maximum Gasteiger partial charge on any atom is 0 e. The summed E-state index contributed by atoms with van der Waals surface area (Å²) in [6.07, 6.45) is 2.21. The van der Waals surface area contributed by atoms with Gasteiger partial charge in [-0.2, -0.15) is 0 Å². The van der Waals surface area contributed by atoms with Crippen LogP contribution >= 0.6 is 0 Å². The normalized spacial score (nSPS) is 11.9. The van der Waals surface area contributed by atoms with Gasteiger partial charge in [0.05, 0.1) is 0 Å². The molecule has 0 bridgehead atoms. The molecule has 130 valence electrons. The van der Waals surface area contributed by atoms with E-state index in [2.05, 4.69) is 97.1 Å². The third-order valence-electron chi connectivity index (χ3n) is 5.41. The molecular weight excluding hydrogens is 408 g/mol. The zero-order chi connectivity index (χ0) is 17.3. The summed E-state index contributed by atoms with van der Waals surface area (Å²) in [5, 5.41) is 0. The van der Waals surface area contributed by atoms with E-state index in [1.807, 2.05) is 0 Å². The Balaban J connectivity index is 0.000000129. The summed E-state index contributed by atoms with van der Waals surface area (Å²) in [5.74, 6) is 0. The molecule has 0 aromatic heterocycles. The Kier molecular flexibility index (Phi) is 5.10. The molecule has 2 aliphatic carbocycles. The summed E-state index contributed by atoms with van der Waals surface area (Å²) in [7, 11) is 0. The predicted octanol–water partition coefficient (Wildman–Crippen LogP) is 6.51. The molecule has 4 aromatic rings. The van der Waals surface area contributed by atoms with Crippen LogP contribution in [-0.4, -0.2) is 0 Å². The molecule has 6 rings (SSSR count). The molecule has 0 aliphatic heterocycles. The SMILES string of the molecule is [Mo].c1ccc2c(c1)Cc1ccccc1-2.c1ccc2c(c1)Cc1ccccc1-2. The van der Waals surface area contributed by atoms with Crippen molar-refractivity contribution < 1.29 is 21.1 Å². The van der Waals surface area contributed by atoms with Crippen molar-refractivity contribution in [1.82, 2.24) is 0 Å². The Morgan fingerprint density at radius 3 is 0.815 bits per heavy atom. The van der Waals surface area contributed by atoms with Crippen LogP contribution in [0.15, 0.2) is 97.1 Å². The molecule has 0 saturated carbocycles. The summed E-state index contributed by atoms with van der Waals surface area (Å²) >= 11 is 0. The molecule has 0 atom stereocenters. The maximum absolute atomic E-state index is 2.22. The summed E-state index contributed by atoms with van der Waals surface area (Å²) in [6, 6.07) is 34.6. The summed E-state index contributed by atoms with van der Waals surface area (Å²) in [4.78, 5) is 0. The zero-order valence-corrected chi connectivity index (χ0v) is 17.1. The minimum atomic E-state index is 0. The van der Waals surface area contributed by atoms with Crippen LogP contribution in [0, 0.1) is 0 Å². The van der Waals surface area contributed by atoms with Crippen LogP contribution < -0.4 is 0 Å². The second-order valence-electron chi connectivity index (χ2n) is 6.98. The Labute approximate surface area is 175 Å². The van der Waals surface area contributed by atoms with E-state index >= 15 is 0 Å². The molecule has 0 saturated heterocycles. The monoisotopic (exact) mass is 430 g/mol. The van der Waals surface area contributed by atoms with Crippen LogP contribution in [-0.2, 0) is 33.9 Å². The minimum Gasteiger partial charge on any atom is -0.0619 e. The summed E-state index contributed by atoms with van der Waals surface area (Å²) < 4.78 is 0. The van der Waals surface area contributed by atoms with Gasteiger partial charge in [0.25, 0.3) is 0 Å². The number of benzene rings is 4. The number of hydrogen-bond acceptors (Lipinski definition) is 0. The largest absolute Gasteiger partial charge is 0.0619 e. The molecule has 0 unspecified atom stereocenters. The molecule has 0 fully saturated rings. The first kappa shape index (κ1) is 18.0. The van der Waals surface area contributed by atoms with Crippen molar-refractivity contribution in [2.45, 2.75) is 12.8 Å². The summed E-state index contributed by atoms with van der Waals surface area (Å²) in [6.45, 7) is 0. The fraction of sp³-hybridized carbons (Fsp3) is 0.0769. The van der Waals surface area contributed by atoms with E-state index in [1.54, 1.807) is 0 Å². The van der Waals surface area contributed by atoms with E-state index in [9.17, 15) is 0 Å². The van der Waals surface area contributed by atoms with Crippen molar-refractivity contribution >= 4 is 0 Å². The third kappa shape index (κ3) is 3.31. The van der Waals surface area contributed by atoms with Crippen LogP contribution in [0.3, 0.4) is 0 Å². The standard InChI is InChI=1S/2C13H10.Mo/c2*1-3-7-12-10(5-1)9-11-6-2-4-8-13(11)12;/h2*1-8H,9H2;. The summed E-state index contributed by atoms with van der Waals surface area (Å²) in [5.41, 5.74) is 11.5. The van der Waals surface area contributed by atoms with E-state index in [4.69, 9.17) is 0 Å². The van der Waals surface area contributed by atoms with E-state index in [0.29, 0.717) is 0 Å². The van der Waals surface area contributed by atoms with Gasteiger partial charge in [-0.1, -0.05) is 97.1 Å². The second-order valence-corrected chi connectivity index (χ2v) is 6.98. The van der Waals surface area contributed by atoms with E-state index in [0.717, 1.165) is 12.8 Å². The fourth-order valence-corrected chi connectivity index (χ4v) is 4.16. The molecule has 27 heavy (non-hydrogen) atoms. The van der Waals surface area contributed by atoms with Gasteiger partial charge in [0.15, 0.2) is 0 Å². The quantitative estimate of drug-likeness (QED) is 0.242. The first-order valence-corrected chi connectivity index (χ1v) is 9.22. The second kappa shape index (κ2) is 7.67. The molecule has 2 aliphatic rings. The first-order valence-electron chi connectivity index (χ1n) is 9.22. The van der Waals surface area contributed by atoms with Crippen molar-refractivity contribution in [1.29, 1.82) is 0 Å². The van der Waals surface area contributed by atoms with Gasteiger partial charge >= 0.3 is 0 Å². The number of fused-ring (bicyclic) bond motifs is 6. The first-order chi connectivity index (χ1) is 12.9. The average molecular weight is 428 g/mol. The van der Waals surface area contributed by atoms with Crippen LogP contribution in [0.1, 0.15) is 22.3 Å². The van der Waals surface area contributed by atoms with Crippen LogP contribution in [0.2, 0.25) is 0 Å². The van der Waals surface area contributed by atoms with Crippen molar-refractivity contribution in [3.63, 3.8) is 0 Å². The smallest absolute Gasteiger partial charge is 0 e. The molecular formula is C26H20Mo. The topological polar surface area (TPSA) is 0 Å². The van der Waals surface area contributed by atoms with Gasteiger partial charge in [-0.05, 0) is 57.3 Å². The van der Waals surface area contributed by atoms with E-state index in [-0.39, 0.29) is 21.1 Å². The molecule has 0 spiro atoms. The van der Waals surface area contributed by atoms with Gasteiger partial charge in [-0.3, -0.25) is 0 Å². The van der Waals surface area contributed by atoms with Crippen LogP contribution in [0.25, 0.3) is 22.3 Å². The zero-order valence-electron chi connectivity index (χ0n) is 15.1. The van der Waals surface area contributed by atoms with Gasteiger partial charge in [0.1, 0.15) is 0 Å². The molecule has 4 aromatic carbocycles. The van der Waals surface area contributed by atoms with Gasteiger partial charge in [0, 0.05) is 21.1 Å². The Bertz CT molecular complexity index is 918. The average Bonchev–Trinajstić information content (AvgIpc) is 3.27. The van der Waals surface area contributed by atoms with Crippen LogP contribution in [0.5, 0.6) is 0 Å². The van der Waals surface area contributed by atoms with E-state index in [1.165, 1.54) is 44.5 Å². The Morgan fingerprint density at radius 1 is 0.333 bits per heavy atom. The fourth-order valence-electron chi connectivity index (χ4n) is 4.16.